The number of hydrogen-bond donors (Lipinski definition) is 1. The van der Waals surface area contributed by atoms with E-state index in [1.807, 2.05) is 26.8 Å². The molecule has 0 radical (unpaired) electrons. The molecule has 1 N–H and O–H groups in total. The minimum Gasteiger partial charge on any atom is -0.444 e. The van der Waals surface area contributed by atoms with Gasteiger partial charge in [-0.1, -0.05) is 28.1 Å². The zero-order chi connectivity index (χ0) is 19.3. The van der Waals surface area contributed by atoms with Crippen molar-refractivity contribution in [3.05, 3.63) is 52.7 Å². The van der Waals surface area contributed by atoms with E-state index in [0.717, 1.165) is 6.42 Å². The first-order chi connectivity index (χ1) is 12.7. The zero-order valence-electron chi connectivity index (χ0n) is 15.4. The molecule has 1 fully saturated rings. The lowest BCUT2D eigenvalue weighted by atomic mass is 10.1. The van der Waals surface area contributed by atoms with Gasteiger partial charge in [-0.15, -0.1) is 0 Å². The first kappa shape index (κ1) is 18.2. The average molecular weight is 434 g/mol. The Morgan fingerprint density at radius 2 is 2.15 bits per heavy atom. The van der Waals surface area contributed by atoms with Crippen LogP contribution in [0.15, 0.2) is 41.0 Å². The summed E-state index contributed by atoms with van der Waals surface area (Å²) >= 11 is 3.26. The third-order valence-corrected chi connectivity index (χ3v) is 5.20. The first-order valence-electron chi connectivity index (χ1n) is 8.93. The van der Waals surface area contributed by atoms with Crippen LogP contribution >= 0.6 is 15.9 Å². The van der Waals surface area contributed by atoms with Crippen LogP contribution in [0.4, 0.5) is 9.18 Å². The molecule has 1 aromatic carbocycles. The molecule has 4 rings (SSSR count). The Bertz CT molecular complexity index is 918. The van der Waals surface area contributed by atoms with Crippen LogP contribution in [0.3, 0.4) is 0 Å². The number of carbonyl (C=O) groups excluding carboxylic acids is 1. The van der Waals surface area contributed by atoms with Crippen molar-refractivity contribution in [3.63, 3.8) is 0 Å². The van der Waals surface area contributed by atoms with Crippen molar-refractivity contribution < 1.29 is 13.9 Å². The highest BCUT2D eigenvalue weighted by Crippen LogP contribution is 2.46. The van der Waals surface area contributed by atoms with Crippen molar-refractivity contribution in [1.82, 2.24) is 14.9 Å². The molecule has 2 aromatic rings. The predicted molar refractivity (Wildman–Crippen MR) is 104 cm³/mol. The van der Waals surface area contributed by atoms with Crippen LogP contribution in [0.2, 0.25) is 0 Å². The number of amides is 1. The number of fused-ring (bicyclic) bond motifs is 1. The van der Waals surface area contributed by atoms with E-state index in [9.17, 15) is 9.18 Å². The Kier molecular flexibility index (Phi) is 4.37. The van der Waals surface area contributed by atoms with E-state index in [-0.39, 0.29) is 24.0 Å². The van der Waals surface area contributed by atoms with Crippen LogP contribution in [0, 0.1) is 11.7 Å². The second-order valence-corrected chi connectivity index (χ2v) is 8.91. The van der Waals surface area contributed by atoms with Gasteiger partial charge in [0.25, 0.3) is 0 Å². The van der Waals surface area contributed by atoms with Crippen LogP contribution in [0.25, 0.3) is 11.3 Å². The number of carbonyl (C=O) groups is 1. The Hall–Kier alpha value is -2.15. The van der Waals surface area contributed by atoms with Gasteiger partial charge in [0.05, 0.1) is 11.9 Å². The van der Waals surface area contributed by atoms with E-state index in [1.165, 1.54) is 6.07 Å². The highest BCUT2D eigenvalue weighted by atomic mass is 79.9. The molecular weight excluding hydrogens is 413 g/mol. The van der Waals surface area contributed by atoms with Crippen LogP contribution in [-0.2, 0) is 4.74 Å². The molecule has 2 aliphatic rings. The molecule has 0 saturated heterocycles. The van der Waals surface area contributed by atoms with Crippen molar-refractivity contribution in [1.29, 1.82) is 0 Å². The summed E-state index contributed by atoms with van der Waals surface area (Å²) in [6, 6.07) is 4.67. The molecule has 3 atom stereocenters. The van der Waals surface area contributed by atoms with Gasteiger partial charge in [0.1, 0.15) is 23.3 Å². The van der Waals surface area contributed by atoms with Crippen molar-refractivity contribution in [2.24, 2.45) is 5.92 Å². The summed E-state index contributed by atoms with van der Waals surface area (Å²) in [7, 11) is 0. The number of nitrogens with one attached hydrogen (secondary N) is 1. The van der Waals surface area contributed by atoms with Crippen LogP contribution in [-0.4, -0.2) is 32.6 Å². The summed E-state index contributed by atoms with van der Waals surface area (Å²) in [6.07, 6.45) is 6.28. The summed E-state index contributed by atoms with van der Waals surface area (Å²) in [5, 5.41) is 0. The van der Waals surface area contributed by atoms with Crippen molar-refractivity contribution in [2.75, 3.05) is 0 Å². The zero-order valence-corrected chi connectivity index (χ0v) is 17.0. The van der Waals surface area contributed by atoms with Gasteiger partial charge in [-0.2, -0.15) is 0 Å². The molecule has 1 aliphatic carbocycles. The topological polar surface area (TPSA) is 58.2 Å². The number of hydrogen-bond acceptors (Lipinski definition) is 3. The molecule has 142 valence electrons. The molecule has 3 unspecified atom stereocenters. The van der Waals surface area contributed by atoms with E-state index in [2.05, 4.69) is 32.0 Å². The van der Waals surface area contributed by atoms with Crippen molar-refractivity contribution >= 4 is 22.0 Å². The largest absolute Gasteiger partial charge is 0.444 e. The smallest absolute Gasteiger partial charge is 0.411 e. The highest BCUT2D eigenvalue weighted by molar-refractivity contribution is 9.10. The standard InChI is InChI=1S/C20H21BrFN3O2/c1-20(2,3)27-19(26)25-16(7-4-11-8-17(11)25)18-23-10-15(24-18)13-6-5-12(21)9-14(13)22/h4-7,9-11,16-17H,8H2,1-3H3,(H,23,24). The predicted octanol–water partition coefficient (Wildman–Crippen LogP) is 5.21. The molecule has 7 heteroatoms. The van der Waals surface area contributed by atoms with Gasteiger partial charge in [0.2, 0.25) is 0 Å². The lowest BCUT2D eigenvalue weighted by Crippen LogP contribution is -2.42. The fourth-order valence-electron chi connectivity index (χ4n) is 3.39. The number of rotatable bonds is 2. The Balaban J connectivity index is 1.64. The molecule has 27 heavy (non-hydrogen) atoms. The van der Waals surface area contributed by atoms with Gasteiger partial charge >= 0.3 is 6.09 Å². The Morgan fingerprint density at radius 1 is 1.37 bits per heavy atom. The molecule has 2 heterocycles. The number of aromatic amines is 1. The Labute approximate surface area is 165 Å². The number of nitrogens with zero attached hydrogens (tertiary/aromatic N) is 2. The van der Waals surface area contributed by atoms with Crippen molar-refractivity contribution in [3.8, 4) is 11.3 Å². The third-order valence-electron chi connectivity index (χ3n) is 4.70. The maximum Gasteiger partial charge on any atom is 0.411 e. The summed E-state index contributed by atoms with van der Waals surface area (Å²) in [5.74, 6) is 0.636. The van der Waals surface area contributed by atoms with Gasteiger partial charge in [-0.05, 0) is 51.3 Å². The molecule has 1 aliphatic heterocycles. The summed E-state index contributed by atoms with van der Waals surface area (Å²) < 4.78 is 20.5. The highest BCUT2D eigenvalue weighted by Gasteiger charge is 2.49. The summed E-state index contributed by atoms with van der Waals surface area (Å²) in [6.45, 7) is 5.56. The fraction of sp³-hybridized carbons (Fsp3) is 0.400. The maximum atomic E-state index is 14.3. The maximum absolute atomic E-state index is 14.3. The Morgan fingerprint density at radius 3 is 2.85 bits per heavy atom. The molecule has 1 amide bonds. The molecular formula is C20H21BrFN3O2. The molecule has 1 aromatic heterocycles. The van der Waals surface area contributed by atoms with E-state index < -0.39 is 5.60 Å². The minimum atomic E-state index is -0.567. The fourth-order valence-corrected chi connectivity index (χ4v) is 3.73. The van der Waals surface area contributed by atoms with E-state index in [4.69, 9.17) is 4.74 Å². The van der Waals surface area contributed by atoms with E-state index in [1.54, 1.807) is 23.2 Å². The summed E-state index contributed by atoms with van der Waals surface area (Å²) in [5.41, 5.74) is 0.442. The minimum absolute atomic E-state index is 0.132. The van der Waals surface area contributed by atoms with E-state index in [0.29, 0.717) is 27.5 Å². The van der Waals surface area contributed by atoms with Crippen LogP contribution in [0.1, 0.15) is 39.1 Å². The second kappa shape index (κ2) is 6.48. The number of benzene rings is 1. The number of H-pyrrole nitrogens is 1. The van der Waals surface area contributed by atoms with Crippen LogP contribution in [0.5, 0.6) is 0 Å². The van der Waals surface area contributed by atoms with Gasteiger partial charge in [-0.3, -0.25) is 4.90 Å². The van der Waals surface area contributed by atoms with Crippen LogP contribution < -0.4 is 0 Å². The molecule has 0 spiro atoms. The third kappa shape index (κ3) is 3.65. The van der Waals surface area contributed by atoms with Gasteiger partial charge < -0.3 is 9.72 Å². The number of ether oxygens (including phenoxy) is 1. The molecule has 0 bridgehead atoms. The van der Waals surface area contributed by atoms with Gasteiger partial charge in [0.15, 0.2) is 0 Å². The molecule has 5 nitrogen and oxygen atoms in total. The quantitative estimate of drug-likeness (QED) is 0.660. The summed E-state index contributed by atoms with van der Waals surface area (Å²) in [4.78, 5) is 22.1. The lowest BCUT2D eigenvalue weighted by molar-refractivity contribution is 0.0155. The van der Waals surface area contributed by atoms with E-state index >= 15 is 0 Å². The lowest BCUT2D eigenvalue weighted by Gasteiger charge is -2.33. The normalized spacial score (nSPS) is 23.9. The number of imidazole rings is 1. The van der Waals surface area contributed by atoms with Crippen molar-refractivity contribution in [2.45, 2.75) is 44.9 Å². The first-order valence-corrected chi connectivity index (χ1v) is 9.72. The average Bonchev–Trinajstić information content (AvgIpc) is 3.19. The second-order valence-electron chi connectivity index (χ2n) is 7.99. The van der Waals surface area contributed by atoms with Gasteiger partial charge in [0, 0.05) is 16.1 Å². The monoisotopic (exact) mass is 433 g/mol. The molecule has 1 saturated carbocycles. The number of halogens is 2. The number of aromatic nitrogens is 2. The SMILES string of the molecule is CC(C)(C)OC(=O)N1C(c2ncc(-c3ccc(Br)cc3F)[nH]2)C=CC2CC21. The van der Waals surface area contributed by atoms with Gasteiger partial charge in [-0.25, -0.2) is 14.2 Å².